The molecule has 1 heterocycles. The molecule has 0 unspecified atom stereocenters. The number of phenolic OH excluding ortho intramolecular Hbond substituents is 1. The first-order valence-corrected chi connectivity index (χ1v) is 9.76. The lowest BCUT2D eigenvalue weighted by Crippen LogP contribution is -2.36. The number of phenols is 1. The molecule has 0 saturated carbocycles. The average Bonchev–Trinajstić information content (AvgIpc) is 2.93. The molecule has 0 radical (unpaired) electrons. The highest BCUT2D eigenvalue weighted by Crippen LogP contribution is 2.32. The van der Waals surface area contributed by atoms with E-state index in [1.807, 2.05) is 31.2 Å². The van der Waals surface area contributed by atoms with Gasteiger partial charge in [-0.1, -0.05) is 36.1 Å². The van der Waals surface area contributed by atoms with Crippen molar-refractivity contribution in [1.82, 2.24) is 4.90 Å². The van der Waals surface area contributed by atoms with Gasteiger partial charge in [0.05, 0.1) is 11.5 Å². The van der Waals surface area contributed by atoms with Crippen LogP contribution in [0.2, 0.25) is 0 Å². The molecule has 2 aromatic carbocycles. The fraction of sp³-hybridized carbons (Fsp3) is 0.150. The third kappa shape index (κ3) is 4.90. The Hall–Kier alpha value is -2.84. The first kappa shape index (κ1) is 19.9. The Labute approximate surface area is 172 Å². The fourth-order valence-corrected chi connectivity index (χ4v) is 3.76. The predicted molar refractivity (Wildman–Crippen MR) is 114 cm³/mol. The second kappa shape index (κ2) is 8.90. The molecular weight excluding hydrogens is 396 g/mol. The van der Waals surface area contributed by atoms with Crippen molar-refractivity contribution in [2.75, 3.05) is 18.5 Å². The Bertz CT molecular complexity index is 924. The minimum Gasteiger partial charge on any atom is -0.508 e. The highest BCUT2D eigenvalue weighted by molar-refractivity contribution is 8.26. The van der Waals surface area contributed by atoms with Crippen LogP contribution in [0.1, 0.15) is 12.5 Å². The predicted octanol–water partition coefficient (Wildman–Crippen LogP) is 3.63. The third-order valence-electron chi connectivity index (χ3n) is 3.82. The number of hydrogen-bond donors (Lipinski definition) is 2. The Morgan fingerprint density at radius 3 is 2.54 bits per heavy atom. The minimum atomic E-state index is -0.371. The van der Waals surface area contributed by atoms with Crippen molar-refractivity contribution in [3.8, 4) is 11.5 Å². The van der Waals surface area contributed by atoms with Gasteiger partial charge in [0.2, 0.25) is 5.91 Å². The Kier molecular flexibility index (Phi) is 6.33. The third-order valence-corrected chi connectivity index (χ3v) is 5.19. The van der Waals surface area contributed by atoms with E-state index in [1.165, 1.54) is 28.8 Å². The molecule has 1 fully saturated rings. The van der Waals surface area contributed by atoms with Crippen molar-refractivity contribution in [2.45, 2.75) is 6.92 Å². The van der Waals surface area contributed by atoms with Crippen LogP contribution in [-0.2, 0) is 9.59 Å². The first-order valence-electron chi connectivity index (χ1n) is 8.53. The normalized spacial score (nSPS) is 15.2. The van der Waals surface area contributed by atoms with Crippen LogP contribution in [0.15, 0.2) is 53.4 Å². The maximum atomic E-state index is 12.6. The van der Waals surface area contributed by atoms with Crippen LogP contribution in [0, 0.1) is 0 Å². The first-order chi connectivity index (χ1) is 13.5. The average molecular weight is 415 g/mol. The van der Waals surface area contributed by atoms with Crippen molar-refractivity contribution in [1.29, 1.82) is 0 Å². The van der Waals surface area contributed by atoms with E-state index < -0.39 is 0 Å². The molecule has 28 heavy (non-hydrogen) atoms. The maximum Gasteiger partial charge on any atom is 0.266 e. The van der Waals surface area contributed by atoms with E-state index in [9.17, 15) is 14.7 Å². The molecule has 0 aliphatic carbocycles. The molecule has 0 aromatic heterocycles. The summed E-state index contributed by atoms with van der Waals surface area (Å²) in [5, 5.41) is 12.0. The maximum absolute atomic E-state index is 12.6. The zero-order chi connectivity index (χ0) is 20.1. The molecule has 1 aliphatic heterocycles. The SMILES string of the molecule is CCOc1ccc(/C=C2/SC(=S)N(CC(=O)Nc3ccc(O)cc3)C2=O)cc1. The van der Waals surface area contributed by atoms with E-state index >= 15 is 0 Å². The second-order valence-electron chi connectivity index (χ2n) is 5.86. The summed E-state index contributed by atoms with van der Waals surface area (Å²) in [5.41, 5.74) is 1.37. The van der Waals surface area contributed by atoms with Gasteiger partial charge in [0.25, 0.3) is 5.91 Å². The van der Waals surface area contributed by atoms with Gasteiger partial charge in [-0.25, -0.2) is 0 Å². The van der Waals surface area contributed by atoms with Crippen LogP contribution < -0.4 is 10.1 Å². The quantitative estimate of drug-likeness (QED) is 0.427. The van der Waals surface area contributed by atoms with Crippen molar-refractivity contribution in [2.24, 2.45) is 0 Å². The monoisotopic (exact) mass is 414 g/mol. The molecule has 6 nitrogen and oxygen atoms in total. The molecule has 2 amide bonds. The van der Waals surface area contributed by atoms with Crippen molar-refractivity contribution < 1.29 is 19.4 Å². The summed E-state index contributed by atoms with van der Waals surface area (Å²) in [7, 11) is 0. The lowest BCUT2D eigenvalue weighted by atomic mass is 10.2. The number of anilines is 1. The van der Waals surface area contributed by atoms with Crippen molar-refractivity contribution >= 4 is 51.9 Å². The molecule has 0 spiro atoms. The number of carbonyl (C=O) groups excluding carboxylic acids is 2. The molecule has 8 heteroatoms. The van der Waals surface area contributed by atoms with Gasteiger partial charge < -0.3 is 15.2 Å². The molecule has 1 saturated heterocycles. The van der Waals surface area contributed by atoms with Crippen LogP contribution in [-0.4, -0.2) is 39.3 Å². The van der Waals surface area contributed by atoms with Crippen LogP contribution in [0.3, 0.4) is 0 Å². The zero-order valence-corrected chi connectivity index (χ0v) is 16.7. The highest BCUT2D eigenvalue weighted by atomic mass is 32.2. The lowest BCUT2D eigenvalue weighted by molar-refractivity contribution is -0.126. The second-order valence-corrected chi connectivity index (χ2v) is 7.54. The number of hydrogen-bond acceptors (Lipinski definition) is 6. The van der Waals surface area contributed by atoms with Gasteiger partial charge in [-0.05, 0) is 55.0 Å². The number of amides is 2. The van der Waals surface area contributed by atoms with Crippen LogP contribution in [0.25, 0.3) is 6.08 Å². The number of nitrogens with zero attached hydrogens (tertiary/aromatic N) is 1. The summed E-state index contributed by atoms with van der Waals surface area (Å²) in [6, 6.07) is 13.5. The molecule has 3 rings (SSSR count). The molecule has 0 atom stereocenters. The molecular formula is C20H18N2O4S2. The summed E-state index contributed by atoms with van der Waals surface area (Å²) in [5.74, 6) is 0.196. The zero-order valence-electron chi connectivity index (χ0n) is 15.0. The topological polar surface area (TPSA) is 78.9 Å². The Morgan fingerprint density at radius 1 is 1.21 bits per heavy atom. The Balaban J connectivity index is 1.65. The number of thiocarbonyl (C=S) groups is 1. The standard InChI is InChI=1S/C20H18N2O4S2/c1-2-26-16-9-3-13(4-10-16)11-17-19(25)22(20(27)28-17)12-18(24)21-14-5-7-15(23)8-6-14/h3-11,23H,2,12H2,1H3,(H,21,24)/b17-11+. The lowest BCUT2D eigenvalue weighted by Gasteiger charge is -2.14. The van der Waals surface area contributed by atoms with Crippen molar-refractivity contribution in [3.63, 3.8) is 0 Å². The number of aromatic hydroxyl groups is 1. The number of benzene rings is 2. The number of thioether (sulfide) groups is 1. The number of ether oxygens (including phenoxy) is 1. The molecule has 144 valence electrons. The Morgan fingerprint density at radius 2 is 1.89 bits per heavy atom. The van der Waals surface area contributed by atoms with E-state index in [0.29, 0.717) is 21.5 Å². The number of carbonyl (C=O) groups is 2. The summed E-state index contributed by atoms with van der Waals surface area (Å²) in [4.78, 5) is 26.6. The summed E-state index contributed by atoms with van der Waals surface area (Å²) in [6.45, 7) is 2.33. The van der Waals surface area contributed by atoms with Crippen LogP contribution in [0.4, 0.5) is 5.69 Å². The molecule has 2 aromatic rings. The van der Waals surface area contributed by atoms with E-state index in [4.69, 9.17) is 17.0 Å². The van der Waals surface area contributed by atoms with Gasteiger partial charge in [-0.3, -0.25) is 14.5 Å². The van der Waals surface area contributed by atoms with E-state index in [1.54, 1.807) is 18.2 Å². The van der Waals surface area contributed by atoms with E-state index in [0.717, 1.165) is 11.3 Å². The molecule has 1 aliphatic rings. The van der Waals surface area contributed by atoms with Gasteiger partial charge in [-0.15, -0.1) is 0 Å². The van der Waals surface area contributed by atoms with E-state index in [-0.39, 0.29) is 24.1 Å². The van der Waals surface area contributed by atoms with Crippen molar-refractivity contribution in [3.05, 3.63) is 59.0 Å². The molecule has 2 N–H and O–H groups in total. The summed E-state index contributed by atoms with van der Waals surface area (Å²) < 4.78 is 5.74. The van der Waals surface area contributed by atoms with Gasteiger partial charge >= 0.3 is 0 Å². The minimum absolute atomic E-state index is 0.106. The summed E-state index contributed by atoms with van der Waals surface area (Å²) in [6.07, 6.45) is 1.74. The van der Waals surface area contributed by atoms with Crippen LogP contribution >= 0.6 is 24.0 Å². The van der Waals surface area contributed by atoms with Gasteiger partial charge in [0.1, 0.15) is 22.4 Å². The van der Waals surface area contributed by atoms with Gasteiger partial charge in [0.15, 0.2) is 0 Å². The van der Waals surface area contributed by atoms with Gasteiger partial charge in [-0.2, -0.15) is 0 Å². The number of rotatable bonds is 6. The number of nitrogens with one attached hydrogen (secondary N) is 1. The summed E-state index contributed by atoms with van der Waals surface area (Å²) >= 11 is 6.43. The van der Waals surface area contributed by atoms with Gasteiger partial charge in [0, 0.05) is 5.69 Å². The fourth-order valence-electron chi connectivity index (χ4n) is 2.50. The smallest absolute Gasteiger partial charge is 0.266 e. The highest BCUT2D eigenvalue weighted by Gasteiger charge is 2.33. The molecule has 0 bridgehead atoms. The largest absolute Gasteiger partial charge is 0.508 e. The van der Waals surface area contributed by atoms with Crippen LogP contribution in [0.5, 0.6) is 11.5 Å². The van der Waals surface area contributed by atoms with E-state index in [2.05, 4.69) is 5.32 Å².